The van der Waals surface area contributed by atoms with E-state index in [1.165, 1.54) is 7.11 Å². The minimum Gasteiger partial charge on any atom is -0.488 e. The molecule has 14 nitrogen and oxygen atoms in total. The molecule has 5 aromatic rings. The average molecular weight is 792 g/mol. The lowest BCUT2D eigenvalue weighted by atomic mass is 9.70. The second-order valence-electron chi connectivity index (χ2n) is 17.7. The van der Waals surface area contributed by atoms with Gasteiger partial charge in [0.25, 0.3) is 0 Å². The van der Waals surface area contributed by atoms with Crippen LogP contribution in [0.25, 0.3) is 44.2 Å². The number of carbonyl (C=O) groups excluding carboxylic acids is 2. The highest BCUT2D eigenvalue weighted by atomic mass is 16.5. The molecule has 5 heterocycles. The van der Waals surface area contributed by atoms with Crippen molar-refractivity contribution in [1.82, 2.24) is 35.1 Å². The normalized spacial score (nSPS) is 22.3. The van der Waals surface area contributed by atoms with Gasteiger partial charge in [-0.25, -0.2) is 19.6 Å². The van der Waals surface area contributed by atoms with Crippen molar-refractivity contribution in [3.63, 3.8) is 0 Å². The lowest BCUT2D eigenvalue weighted by Gasteiger charge is -2.45. The Hall–Kier alpha value is -5.63. The number of hydrogen-bond donors (Lipinski definition) is 4. The number of alkyl carbamates (subject to hydrolysis) is 1. The zero-order chi connectivity index (χ0) is 41.3. The number of fused-ring (bicyclic) bond motifs is 6. The average Bonchev–Trinajstić information content (AvgIpc) is 4.00. The fraction of sp³-hybridized carbons (Fsp3) is 0.477. The van der Waals surface area contributed by atoms with Crippen LogP contribution in [0, 0.1) is 23.2 Å². The first-order valence-electron chi connectivity index (χ1n) is 20.1. The van der Waals surface area contributed by atoms with Gasteiger partial charge in [0.05, 0.1) is 42.7 Å². The molecule has 0 unspecified atom stereocenters. The third-order valence-electron chi connectivity index (χ3n) is 12.5. The van der Waals surface area contributed by atoms with Gasteiger partial charge in [-0.1, -0.05) is 59.7 Å². The van der Waals surface area contributed by atoms with Gasteiger partial charge in [-0.3, -0.25) is 9.69 Å². The lowest BCUT2D eigenvalue weighted by molar-refractivity contribution is -0.135. The molecule has 3 aliphatic heterocycles. The summed E-state index contributed by atoms with van der Waals surface area (Å²) in [4.78, 5) is 59.1. The van der Waals surface area contributed by atoms with Crippen molar-refractivity contribution in [2.75, 3.05) is 33.9 Å². The van der Waals surface area contributed by atoms with Gasteiger partial charge >= 0.3 is 12.2 Å². The van der Waals surface area contributed by atoms with Crippen LogP contribution in [0.5, 0.6) is 5.75 Å². The van der Waals surface area contributed by atoms with Crippen LogP contribution in [0.3, 0.4) is 0 Å². The number of ether oxygens (including phenoxy) is 3. The highest BCUT2D eigenvalue weighted by molar-refractivity contribution is 6.07. The van der Waals surface area contributed by atoms with Gasteiger partial charge < -0.3 is 39.5 Å². The molecule has 0 bridgehead atoms. The smallest absolute Gasteiger partial charge is 0.408 e. The van der Waals surface area contributed by atoms with Crippen LogP contribution in [-0.4, -0.2) is 92.9 Å². The van der Waals surface area contributed by atoms with Crippen molar-refractivity contribution in [2.45, 2.75) is 78.6 Å². The van der Waals surface area contributed by atoms with E-state index in [0.29, 0.717) is 50.8 Å². The summed E-state index contributed by atoms with van der Waals surface area (Å²) < 4.78 is 16.8. The summed E-state index contributed by atoms with van der Waals surface area (Å²) in [6.45, 7) is 13.9. The molecule has 306 valence electrons. The van der Waals surface area contributed by atoms with Gasteiger partial charge in [-0.15, -0.1) is 0 Å². The summed E-state index contributed by atoms with van der Waals surface area (Å²) in [7, 11) is 2.95. The summed E-state index contributed by atoms with van der Waals surface area (Å²) >= 11 is 0. The largest absolute Gasteiger partial charge is 0.488 e. The second kappa shape index (κ2) is 14.6. The Morgan fingerprint density at radius 1 is 1.07 bits per heavy atom. The van der Waals surface area contributed by atoms with E-state index in [1.807, 2.05) is 31.0 Å². The molecule has 14 heteroatoms. The summed E-state index contributed by atoms with van der Waals surface area (Å²) in [6, 6.07) is 13.5. The second-order valence-corrected chi connectivity index (χ2v) is 17.7. The van der Waals surface area contributed by atoms with Gasteiger partial charge in [0.15, 0.2) is 0 Å². The number of hydrogen-bond acceptors (Lipinski definition) is 8. The van der Waals surface area contributed by atoms with Gasteiger partial charge in [-0.05, 0) is 76.4 Å². The Labute approximate surface area is 337 Å². The van der Waals surface area contributed by atoms with Gasteiger partial charge in [-0.2, -0.15) is 0 Å². The Morgan fingerprint density at radius 3 is 2.57 bits per heavy atom. The summed E-state index contributed by atoms with van der Waals surface area (Å²) in [5, 5.41) is 14.9. The Kier molecular flexibility index (Phi) is 9.89. The molecular formula is C44H53N7O7. The maximum Gasteiger partial charge on any atom is 0.408 e. The summed E-state index contributed by atoms with van der Waals surface area (Å²) in [5.41, 5.74) is 5.33. The zero-order valence-electron chi connectivity index (χ0n) is 34.4. The molecule has 5 atom stereocenters. The standard InChI is InChI=1S/C44H53N7O7/c1-23(2)36(49-41(53)57-8)39(52)50-20-25(21-56-7)13-34(50)38-46-32-12-10-26-15-31-29-11-9-27(14-28(29)22-58-35(31)16-30(26)37(32)48-38)33-18-45-40(47-33)44(43(4,5)6)17-24(3)19-51(44)42(54)55/h9-12,14-16,18,23-25,34,36H,13,17,19-22H2,1-8H3,(H,45,47)(H,46,48)(H,49,53)(H,54,55)/t24-,25-,34-,36-,44+/m0/s1. The molecule has 0 radical (unpaired) electrons. The Bertz CT molecular complexity index is 2410. The van der Waals surface area contributed by atoms with Gasteiger partial charge in [0.2, 0.25) is 5.91 Å². The van der Waals surface area contributed by atoms with Gasteiger partial charge in [0, 0.05) is 37.1 Å². The van der Waals surface area contributed by atoms with E-state index in [0.717, 1.165) is 55.5 Å². The molecule has 3 aromatic carbocycles. The number of amides is 3. The zero-order valence-corrected chi connectivity index (χ0v) is 34.4. The number of carboxylic acid groups (broad SMARTS) is 1. The van der Waals surface area contributed by atoms with Crippen LogP contribution >= 0.6 is 0 Å². The third-order valence-corrected chi connectivity index (χ3v) is 12.5. The molecular weight excluding hydrogens is 739 g/mol. The van der Waals surface area contributed by atoms with Crippen LogP contribution in [0.15, 0.2) is 48.7 Å². The van der Waals surface area contributed by atoms with Crippen LogP contribution in [0.4, 0.5) is 9.59 Å². The maximum atomic E-state index is 14.0. The lowest BCUT2D eigenvalue weighted by Crippen LogP contribution is -2.53. The quantitative estimate of drug-likeness (QED) is 0.122. The number of aromatic amines is 2. The van der Waals surface area contributed by atoms with E-state index in [9.17, 15) is 19.5 Å². The number of methoxy groups -OCH3 is 2. The minimum atomic E-state index is -0.933. The molecule has 2 aromatic heterocycles. The van der Waals surface area contributed by atoms with Crippen LogP contribution < -0.4 is 10.1 Å². The van der Waals surface area contributed by atoms with E-state index >= 15 is 0 Å². The first-order chi connectivity index (χ1) is 27.6. The van der Waals surface area contributed by atoms with Crippen molar-refractivity contribution in [1.29, 1.82) is 0 Å². The maximum absolute atomic E-state index is 14.0. The minimum absolute atomic E-state index is 0.102. The number of rotatable bonds is 8. The Morgan fingerprint density at radius 2 is 1.86 bits per heavy atom. The number of likely N-dealkylation sites (tertiary alicyclic amines) is 2. The number of nitrogens with one attached hydrogen (secondary N) is 3. The van der Waals surface area contributed by atoms with Crippen LogP contribution in [0.1, 0.15) is 77.6 Å². The molecule has 4 N–H and O–H groups in total. The molecule has 2 saturated heterocycles. The molecule has 8 rings (SSSR count). The van der Waals surface area contributed by atoms with Crippen LogP contribution in [0.2, 0.25) is 0 Å². The first kappa shape index (κ1) is 39.2. The van der Waals surface area contributed by atoms with E-state index < -0.39 is 29.2 Å². The fourth-order valence-corrected chi connectivity index (χ4v) is 9.65. The van der Waals surface area contributed by atoms with Crippen molar-refractivity contribution in [3.05, 3.63) is 65.9 Å². The number of nitrogens with zero attached hydrogens (tertiary/aromatic N) is 4. The van der Waals surface area contributed by atoms with Gasteiger partial charge in [0.1, 0.15) is 35.6 Å². The van der Waals surface area contributed by atoms with E-state index in [-0.39, 0.29) is 29.7 Å². The van der Waals surface area contributed by atoms with Crippen LogP contribution in [-0.2, 0) is 26.4 Å². The predicted molar refractivity (Wildman–Crippen MR) is 219 cm³/mol. The highest BCUT2D eigenvalue weighted by Crippen LogP contribution is 2.52. The predicted octanol–water partition coefficient (Wildman–Crippen LogP) is 7.84. The number of imidazole rings is 2. The molecule has 58 heavy (non-hydrogen) atoms. The number of aromatic nitrogens is 4. The molecule has 0 spiro atoms. The highest BCUT2D eigenvalue weighted by Gasteiger charge is 2.57. The summed E-state index contributed by atoms with van der Waals surface area (Å²) in [6.07, 6.45) is 1.58. The fourth-order valence-electron chi connectivity index (χ4n) is 9.65. The first-order valence-corrected chi connectivity index (χ1v) is 20.1. The molecule has 3 aliphatic rings. The van der Waals surface area contributed by atoms with E-state index in [2.05, 4.69) is 79.4 Å². The SMILES string of the molecule is COC[C@H]1C[C@@H](c2nc3c(ccc4cc5c(cc43)OCc3cc(-c4cnc([C@@]6(C(C)(C)C)C[C@H](C)CN6C(=O)O)[nH]4)ccc3-5)[nH]2)N(C(=O)[C@@H](NC(=O)OC)C(C)C)C1. The molecule has 0 aliphatic carbocycles. The van der Waals surface area contributed by atoms with Crippen molar-refractivity contribution >= 4 is 39.9 Å². The third kappa shape index (κ3) is 6.51. The van der Waals surface area contributed by atoms with E-state index in [4.69, 9.17) is 24.2 Å². The molecule has 2 fully saturated rings. The molecule has 3 amide bonds. The number of carbonyl (C=O) groups is 3. The number of H-pyrrole nitrogens is 2. The number of benzene rings is 3. The summed E-state index contributed by atoms with van der Waals surface area (Å²) in [5.74, 6) is 2.07. The van der Waals surface area contributed by atoms with Crippen molar-refractivity contribution in [2.24, 2.45) is 23.2 Å². The Balaban J connectivity index is 1.11. The van der Waals surface area contributed by atoms with Crippen molar-refractivity contribution in [3.8, 4) is 28.1 Å². The van der Waals surface area contributed by atoms with E-state index in [1.54, 1.807) is 12.0 Å². The topological polar surface area (TPSA) is 175 Å². The van der Waals surface area contributed by atoms with Crippen molar-refractivity contribution < 1.29 is 33.7 Å². The monoisotopic (exact) mass is 791 g/mol. The molecule has 0 saturated carbocycles.